The molecule has 0 aliphatic carbocycles. The predicted molar refractivity (Wildman–Crippen MR) is 108 cm³/mol. The number of ketones is 1. The molecule has 0 saturated carbocycles. The Kier molecular flexibility index (Phi) is 5.95. The van der Waals surface area contributed by atoms with E-state index < -0.39 is 0 Å². The Morgan fingerprint density at radius 3 is 2.14 bits per heavy atom. The third-order valence-electron chi connectivity index (χ3n) is 5.09. The van der Waals surface area contributed by atoms with Crippen LogP contribution in [0.25, 0.3) is 0 Å². The van der Waals surface area contributed by atoms with Gasteiger partial charge in [-0.2, -0.15) is 5.26 Å². The van der Waals surface area contributed by atoms with Crippen molar-refractivity contribution < 1.29 is 9.59 Å². The van der Waals surface area contributed by atoms with Crippen molar-refractivity contribution in [2.75, 3.05) is 31.1 Å². The fourth-order valence-corrected chi connectivity index (χ4v) is 3.28. The number of piperazine rings is 1. The third kappa shape index (κ3) is 4.49. The van der Waals surface area contributed by atoms with E-state index in [0.29, 0.717) is 24.2 Å². The van der Waals surface area contributed by atoms with E-state index in [-0.39, 0.29) is 17.9 Å². The van der Waals surface area contributed by atoms with Crippen molar-refractivity contribution >= 4 is 17.5 Å². The van der Waals surface area contributed by atoms with Crippen molar-refractivity contribution in [3.63, 3.8) is 0 Å². The SMILES string of the molecule is CC(=O)c1ccc(N2CCN(C(=O)NC(C)c3ccc(C#N)cc3)CC2)cc1. The maximum absolute atomic E-state index is 12.6. The summed E-state index contributed by atoms with van der Waals surface area (Å²) < 4.78 is 0. The summed E-state index contributed by atoms with van der Waals surface area (Å²) in [7, 11) is 0. The van der Waals surface area contributed by atoms with Gasteiger partial charge in [0.25, 0.3) is 0 Å². The first-order valence-electron chi connectivity index (χ1n) is 9.39. The first-order valence-corrected chi connectivity index (χ1v) is 9.39. The van der Waals surface area contributed by atoms with E-state index in [2.05, 4.69) is 16.3 Å². The first-order chi connectivity index (χ1) is 13.5. The summed E-state index contributed by atoms with van der Waals surface area (Å²) in [5.74, 6) is 0.0597. The Labute approximate surface area is 165 Å². The van der Waals surface area contributed by atoms with E-state index in [4.69, 9.17) is 5.26 Å². The number of nitriles is 1. The molecule has 28 heavy (non-hydrogen) atoms. The average Bonchev–Trinajstić information content (AvgIpc) is 2.74. The number of carbonyl (C=O) groups is 2. The number of nitrogens with one attached hydrogen (secondary N) is 1. The molecule has 1 fully saturated rings. The number of benzene rings is 2. The molecule has 0 spiro atoms. The second-order valence-corrected chi connectivity index (χ2v) is 6.98. The van der Waals surface area contributed by atoms with Crippen LogP contribution in [0.5, 0.6) is 0 Å². The Morgan fingerprint density at radius 1 is 1.00 bits per heavy atom. The van der Waals surface area contributed by atoms with E-state index >= 15 is 0 Å². The van der Waals surface area contributed by atoms with Crippen molar-refractivity contribution in [2.45, 2.75) is 19.9 Å². The number of hydrogen-bond acceptors (Lipinski definition) is 4. The molecular formula is C22H24N4O2. The number of urea groups is 1. The van der Waals surface area contributed by atoms with Crippen LogP contribution in [0.2, 0.25) is 0 Å². The van der Waals surface area contributed by atoms with Crippen LogP contribution in [0.15, 0.2) is 48.5 Å². The molecule has 6 heteroatoms. The van der Waals surface area contributed by atoms with Gasteiger partial charge < -0.3 is 15.1 Å². The lowest BCUT2D eigenvalue weighted by Crippen LogP contribution is -2.52. The summed E-state index contributed by atoms with van der Waals surface area (Å²) in [5.41, 5.74) is 3.35. The van der Waals surface area contributed by atoms with Crippen molar-refractivity contribution in [1.82, 2.24) is 10.2 Å². The van der Waals surface area contributed by atoms with Crippen LogP contribution in [0.3, 0.4) is 0 Å². The fourth-order valence-electron chi connectivity index (χ4n) is 3.28. The molecule has 2 aromatic carbocycles. The lowest BCUT2D eigenvalue weighted by Gasteiger charge is -2.36. The number of amides is 2. The van der Waals surface area contributed by atoms with Crippen LogP contribution in [0, 0.1) is 11.3 Å². The maximum Gasteiger partial charge on any atom is 0.317 e. The van der Waals surface area contributed by atoms with Gasteiger partial charge in [-0.1, -0.05) is 12.1 Å². The van der Waals surface area contributed by atoms with Gasteiger partial charge in [0.15, 0.2) is 5.78 Å². The normalized spacial score (nSPS) is 14.9. The van der Waals surface area contributed by atoms with Gasteiger partial charge in [0, 0.05) is 37.4 Å². The Morgan fingerprint density at radius 2 is 1.61 bits per heavy atom. The average molecular weight is 376 g/mol. The summed E-state index contributed by atoms with van der Waals surface area (Å²) in [6, 6.07) is 16.7. The molecule has 6 nitrogen and oxygen atoms in total. The third-order valence-corrected chi connectivity index (χ3v) is 5.09. The standard InChI is InChI=1S/C22H24N4O2/c1-16(19-5-3-18(15-23)4-6-19)24-22(28)26-13-11-25(12-14-26)21-9-7-20(8-10-21)17(2)27/h3-10,16H,11-14H2,1-2H3,(H,24,28). The maximum atomic E-state index is 12.6. The number of Topliss-reactive ketones (excluding diaryl/α,β-unsaturated/α-hetero) is 1. The van der Waals surface area contributed by atoms with Gasteiger partial charge in [-0.05, 0) is 55.8 Å². The molecule has 1 aliphatic heterocycles. The molecule has 0 radical (unpaired) electrons. The summed E-state index contributed by atoms with van der Waals surface area (Å²) in [5, 5.41) is 11.9. The molecule has 2 aromatic rings. The lowest BCUT2D eigenvalue weighted by atomic mass is 10.1. The van der Waals surface area contributed by atoms with Gasteiger partial charge in [-0.25, -0.2) is 4.79 Å². The summed E-state index contributed by atoms with van der Waals surface area (Å²) in [6.45, 7) is 6.27. The van der Waals surface area contributed by atoms with Crippen LogP contribution in [0.4, 0.5) is 10.5 Å². The summed E-state index contributed by atoms with van der Waals surface area (Å²) in [4.78, 5) is 28.0. The second-order valence-electron chi connectivity index (χ2n) is 6.98. The summed E-state index contributed by atoms with van der Waals surface area (Å²) in [6.07, 6.45) is 0. The van der Waals surface area contributed by atoms with Crippen LogP contribution >= 0.6 is 0 Å². The molecule has 1 unspecified atom stereocenters. The quantitative estimate of drug-likeness (QED) is 0.830. The van der Waals surface area contributed by atoms with E-state index in [9.17, 15) is 9.59 Å². The van der Waals surface area contributed by atoms with Gasteiger partial charge >= 0.3 is 6.03 Å². The fraction of sp³-hybridized carbons (Fsp3) is 0.318. The van der Waals surface area contributed by atoms with E-state index in [0.717, 1.165) is 24.3 Å². The number of carbonyl (C=O) groups excluding carboxylic acids is 2. The van der Waals surface area contributed by atoms with Crippen LogP contribution < -0.4 is 10.2 Å². The van der Waals surface area contributed by atoms with Gasteiger partial charge in [0.05, 0.1) is 17.7 Å². The van der Waals surface area contributed by atoms with Crippen LogP contribution in [-0.2, 0) is 0 Å². The lowest BCUT2D eigenvalue weighted by molar-refractivity contribution is 0.101. The molecule has 3 rings (SSSR count). The van der Waals surface area contributed by atoms with Gasteiger partial charge in [0.2, 0.25) is 0 Å². The minimum atomic E-state index is -0.127. The molecule has 2 amide bonds. The Balaban J connectivity index is 1.53. The van der Waals surface area contributed by atoms with E-state index in [1.165, 1.54) is 0 Å². The molecule has 1 N–H and O–H groups in total. The van der Waals surface area contributed by atoms with E-state index in [1.54, 1.807) is 19.1 Å². The van der Waals surface area contributed by atoms with Gasteiger partial charge in [-0.3, -0.25) is 4.79 Å². The minimum absolute atomic E-state index is 0.0597. The molecule has 1 saturated heterocycles. The number of hydrogen-bond donors (Lipinski definition) is 1. The highest BCUT2D eigenvalue weighted by atomic mass is 16.2. The van der Waals surface area contributed by atoms with Crippen LogP contribution in [0.1, 0.15) is 41.4 Å². The van der Waals surface area contributed by atoms with Crippen molar-refractivity contribution in [3.05, 3.63) is 65.2 Å². The largest absolute Gasteiger partial charge is 0.368 e. The van der Waals surface area contributed by atoms with Crippen molar-refractivity contribution in [1.29, 1.82) is 5.26 Å². The molecule has 144 valence electrons. The minimum Gasteiger partial charge on any atom is -0.368 e. The number of nitrogens with zero attached hydrogens (tertiary/aromatic N) is 3. The van der Waals surface area contributed by atoms with Crippen LogP contribution in [-0.4, -0.2) is 42.9 Å². The topological polar surface area (TPSA) is 76.4 Å². The highest BCUT2D eigenvalue weighted by Gasteiger charge is 2.22. The monoisotopic (exact) mass is 376 g/mol. The molecule has 0 bridgehead atoms. The first kappa shape index (κ1) is 19.4. The predicted octanol–water partition coefficient (Wildman–Crippen LogP) is 3.35. The second kappa shape index (κ2) is 8.57. The van der Waals surface area contributed by atoms with Gasteiger partial charge in [0.1, 0.15) is 0 Å². The number of rotatable bonds is 4. The van der Waals surface area contributed by atoms with Crippen molar-refractivity contribution in [2.24, 2.45) is 0 Å². The van der Waals surface area contributed by atoms with E-state index in [1.807, 2.05) is 48.2 Å². The van der Waals surface area contributed by atoms with Gasteiger partial charge in [-0.15, -0.1) is 0 Å². The molecular weight excluding hydrogens is 352 g/mol. The zero-order valence-corrected chi connectivity index (χ0v) is 16.2. The molecule has 1 heterocycles. The Hall–Kier alpha value is -3.33. The smallest absolute Gasteiger partial charge is 0.317 e. The zero-order chi connectivity index (χ0) is 20.1. The highest BCUT2D eigenvalue weighted by Crippen LogP contribution is 2.18. The molecule has 0 aromatic heterocycles. The molecule has 1 aliphatic rings. The molecule has 1 atom stereocenters. The zero-order valence-electron chi connectivity index (χ0n) is 16.2. The summed E-state index contributed by atoms with van der Waals surface area (Å²) >= 11 is 0. The van der Waals surface area contributed by atoms with Crippen molar-refractivity contribution in [3.8, 4) is 6.07 Å². The number of anilines is 1. The highest BCUT2D eigenvalue weighted by molar-refractivity contribution is 5.94. The Bertz CT molecular complexity index is 876.